The molecule has 0 radical (unpaired) electrons. The van der Waals surface area contributed by atoms with Crippen molar-refractivity contribution in [3.8, 4) is 5.75 Å². The van der Waals surface area contributed by atoms with Crippen molar-refractivity contribution >= 4 is 11.6 Å². The number of aliphatic hydroxyl groups is 2. The lowest BCUT2D eigenvalue weighted by atomic mass is 10.1. The van der Waals surface area contributed by atoms with Gasteiger partial charge in [0.25, 0.3) is 5.91 Å². The molecule has 2 rings (SSSR count). The molecule has 6 heteroatoms. The fourth-order valence-electron chi connectivity index (χ4n) is 1.96. The quantitative estimate of drug-likeness (QED) is 0.653. The van der Waals surface area contributed by atoms with Crippen molar-refractivity contribution in [1.29, 1.82) is 0 Å². The van der Waals surface area contributed by atoms with Crippen molar-refractivity contribution in [2.75, 3.05) is 24.7 Å². The molecule has 18 heavy (non-hydrogen) atoms. The summed E-state index contributed by atoms with van der Waals surface area (Å²) >= 11 is 0. The van der Waals surface area contributed by atoms with Gasteiger partial charge in [0.1, 0.15) is 5.75 Å². The molecule has 1 aromatic rings. The first-order valence-corrected chi connectivity index (χ1v) is 5.70. The number of nitrogens with two attached hydrogens (primary N) is 1. The van der Waals surface area contributed by atoms with Crippen molar-refractivity contribution in [1.82, 2.24) is 0 Å². The number of carbonyl (C=O) groups is 1. The summed E-state index contributed by atoms with van der Waals surface area (Å²) in [7, 11) is 0. The number of benzene rings is 1. The summed E-state index contributed by atoms with van der Waals surface area (Å²) in [5.41, 5.74) is 6.96. The van der Waals surface area contributed by atoms with Crippen LogP contribution in [0.1, 0.15) is 5.56 Å². The second-order valence-electron chi connectivity index (χ2n) is 4.08. The molecule has 0 spiro atoms. The van der Waals surface area contributed by atoms with E-state index in [2.05, 4.69) is 0 Å². The minimum Gasteiger partial charge on any atom is -0.482 e. The second-order valence-corrected chi connectivity index (χ2v) is 4.08. The van der Waals surface area contributed by atoms with Gasteiger partial charge in [0.05, 0.1) is 24.9 Å². The van der Waals surface area contributed by atoms with E-state index in [1.165, 1.54) is 4.90 Å². The topological polar surface area (TPSA) is 96.0 Å². The van der Waals surface area contributed by atoms with E-state index in [-0.39, 0.29) is 25.7 Å². The van der Waals surface area contributed by atoms with Crippen LogP contribution in [0, 0.1) is 0 Å². The van der Waals surface area contributed by atoms with Gasteiger partial charge in [-0.25, -0.2) is 0 Å². The van der Waals surface area contributed by atoms with Gasteiger partial charge in [-0.15, -0.1) is 0 Å². The molecule has 0 aromatic heterocycles. The van der Waals surface area contributed by atoms with Gasteiger partial charge in [0.15, 0.2) is 6.61 Å². The first-order valence-electron chi connectivity index (χ1n) is 5.70. The number of amides is 1. The number of hydrogen-bond donors (Lipinski definition) is 3. The van der Waals surface area contributed by atoms with E-state index in [9.17, 15) is 15.0 Å². The van der Waals surface area contributed by atoms with Gasteiger partial charge in [-0.05, 0) is 17.7 Å². The SMILES string of the molecule is NCc1ccc2c(c1)N(C(CO)CO)C(=O)CO2. The molecular formula is C12H16N2O4. The van der Waals surface area contributed by atoms with Gasteiger partial charge in [-0.1, -0.05) is 6.07 Å². The molecule has 0 bridgehead atoms. The van der Waals surface area contributed by atoms with E-state index in [0.717, 1.165) is 5.56 Å². The highest BCUT2D eigenvalue weighted by molar-refractivity contribution is 5.98. The molecule has 98 valence electrons. The molecule has 0 saturated heterocycles. The lowest BCUT2D eigenvalue weighted by molar-refractivity contribution is -0.122. The van der Waals surface area contributed by atoms with Gasteiger partial charge < -0.3 is 20.7 Å². The maximum Gasteiger partial charge on any atom is 0.265 e. The van der Waals surface area contributed by atoms with Crippen LogP contribution in [0.4, 0.5) is 5.69 Å². The lowest BCUT2D eigenvalue weighted by Crippen LogP contribution is -2.49. The summed E-state index contributed by atoms with van der Waals surface area (Å²) in [6, 6.07) is 4.64. The smallest absolute Gasteiger partial charge is 0.265 e. The van der Waals surface area contributed by atoms with Gasteiger partial charge in [-0.3, -0.25) is 9.69 Å². The number of nitrogens with zero attached hydrogens (tertiary/aromatic N) is 1. The average molecular weight is 252 g/mol. The molecule has 1 heterocycles. The minimum absolute atomic E-state index is 0.0918. The van der Waals surface area contributed by atoms with Crippen LogP contribution in [0.15, 0.2) is 18.2 Å². The molecule has 0 unspecified atom stereocenters. The van der Waals surface area contributed by atoms with E-state index in [4.69, 9.17) is 10.5 Å². The Bertz CT molecular complexity index is 446. The van der Waals surface area contributed by atoms with E-state index in [0.29, 0.717) is 18.0 Å². The van der Waals surface area contributed by atoms with Crippen LogP contribution in [0.25, 0.3) is 0 Å². The molecule has 1 amide bonds. The maximum atomic E-state index is 11.9. The Labute approximate surface area is 105 Å². The molecule has 0 saturated carbocycles. The zero-order chi connectivity index (χ0) is 13.1. The predicted octanol–water partition coefficient (Wildman–Crippen LogP) is -0.776. The molecule has 1 aromatic carbocycles. The van der Waals surface area contributed by atoms with Crippen LogP contribution < -0.4 is 15.4 Å². The van der Waals surface area contributed by atoms with Crippen LogP contribution in [0.3, 0.4) is 0 Å². The van der Waals surface area contributed by atoms with Crippen LogP contribution in [-0.4, -0.2) is 42.0 Å². The Morgan fingerprint density at radius 1 is 1.39 bits per heavy atom. The monoisotopic (exact) mass is 252 g/mol. The molecule has 6 nitrogen and oxygen atoms in total. The fourth-order valence-corrected chi connectivity index (χ4v) is 1.96. The highest BCUT2D eigenvalue weighted by Crippen LogP contribution is 2.34. The molecule has 0 aliphatic carbocycles. The van der Waals surface area contributed by atoms with Gasteiger partial charge in [-0.2, -0.15) is 0 Å². The summed E-state index contributed by atoms with van der Waals surface area (Å²) in [5.74, 6) is 0.267. The summed E-state index contributed by atoms with van der Waals surface area (Å²) < 4.78 is 5.31. The molecule has 4 N–H and O–H groups in total. The van der Waals surface area contributed by atoms with Crippen molar-refractivity contribution in [2.45, 2.75) is 12.6 Å². The van der Waals surface area contributed by atoms with Gasteiger partial charge >= 0.3 is 0 Å². The van der Waals surface area contributed by atoms with Gasteiger partial charge in [0.2, 0.25) is 0 Å². The minimum atomic E-state index is -0.659. The summed E-state index contributed by atoms with van der Waals surface area (Å²) in [6.45, 7) is -0.368. The molecular weight excluding hydrogens is 236 g/mol. The number of carbonyl (C=O) groups excluding carboxylic acids is 1. The van der Waals surface area contributed by atoms with Crippen molar-refractivity contribution < 1.29 is 19.7 Å². The summed E-state index contributed by atoms with van der Waals surface area (Å²) in [6.07, 6.45) is 0. The largest absolute Gasteiger partial charge is 0.482 e. The third-order valence-corrected chi connectivity index (χ3v) is 2.93. The molecule has 1 aliphatic heterocycles. The molecule has 0 fully saturated rings. The number of rotatable bonds is 4. The zero-order valence-corrected chi connectivity index (χ0v) is 9.87. The van der Waals surface area contributed by atoms with Crippen LogP contribution in [-0.2, 0) is 11.3 Å². The standard InChI is InChI=1S/C12H16N2O4/c13-4-8-1-2-11-10(3-8)14(9(5-15)6-16)12(17)7-18-11/h1-3,9,15-16H,4-7,13H2. The Morgan fingerprint density at radius 3 is 2.72 bits per heavy atom. The number of fused-ring (bicyclic) bond motifs is 1. The first-order chi connectivity index (χ1) is 8.71. The van der Waals surface area contributed by atoms with Crippen LogP contribution in [0.5, 0.6) is 5.75 Å². The zero-order valence-electron chi connectivity index (χ0n) is 9.87. The Hall–Kier alpha value is -1.63. The number of ether oxygens (including phenoxy) is 1. The van der Waals surface area contributed by atoms with Crippen molar-refractivity contribution in [3.63, 3.8) is 0 Å². The lowest BCUT2D eigenvalue weighted by Gasteiger charge is -2.34. The van der Waals surface area contributed by atoms with E-state index >= 15 is 0 Å². The maximum absolute atomic E-state index is 11.9. The van der Waals surface area contributed by atoms with Crippen molar-refractivity contribution in [3.05, 3.63) is 23.8 Å². The highest BCUT2D eigenvalue weighted by Gasteiger charge is 2.31. The van der Waals surface area contributed by atoms with E-state index in [1.807, 2.05) is 6.07 Å². The third-order valence-electron chi connectivity index (χ3n) is 2.93. The summed E-state index contributed by atoms with van der Waals surface area (Å²) in [5, 5.41) is 18.5. The molecule has 1 aliphatic rings. The number of aliphatic hydroxyl groups excluding tert-OH is 2. The predicted molar refractivity (Wildman–Crippen MR) is 65.3 cm³/mol. The highest BCUT2D eigenvalue weighted by atomic mass is 16.5. The Kier molecular flexibility index (Phi) is 3.81. The van der Waals surface area contributed by atoms with Crippen LogP contribution in [0.2, 0.25) is 0 Å². The van der Waals surface area contributed by atoms with Crippen molar-refractivity contribution in [2.24, 2.45) is 5.73 Å². The third kappa shape index (κ3) is 2.17. The molecule has 0 atom stereocenters. The van der Waals surface area contributed by atoms with E-state index < -0.39 is 6.04 Å². The number of hydrogen-bond acceptors (Lipinski definition) is 5. The Balaban J connectivity index is 2.44. The number of anilines is 1. The first kappa shape index (κ1) is 12.8. The Morgan fingerprint density at radius 2 is 2.11 bits per heavy atom. The normalized spacial score (nSPS) is 14.7. The second kappa shape index (κ2) is 5.34. The van der Waals surface area contributed by atoms with Gasteiger partial charge in [0, 0.05) is 6.54 Å². The van der Waals surface area contributed by atoms with E-state index in [1.54, 1.807) is 12.1 Å². The average Bonchev–Trinajstić information content (AvgIpc) is 2.41. The summed E-state index contributed by atoms with van der Waals surface area (Å²) in [4.78, 5) is 13.2. The fraction of sp³-hybridized carbons (Fsp3) is 0.417. The van der Waals surface area contributed by atoms with Crippen LogP contribution >= 0.6 is 0 Å².